The lowest BCUT2D eigenvalue weighted by Gasteiger charge is -2.20. The predicted octanol–water partition coefficient (Wildman–Crippen LogP) is 4.17. The van der Waals surface area contributed by atoms with Crippen LogP contribution in [0.4, 0.5) is 5.13 Å². The summed E-state index contributed by atoms with van der Waals surface area (Å²) in [5.74, 6) is 0.287. The Bertz CT molecular complexity index is 917. The summed E-state index contributed by atoms with van der Waals surface area (Å²) < 4.78 is 5.18. The van der Waals surface area contributed by atoms with Gasteiger partial charge < -0.3 is 9.84 Å². The fourth-order valence-corrected chi connectivity index (χ4v) is 4.13. The number of piperidine rings is 1. The van der Waals surface area contributed by atoms with Crippen molar-refractivity contribution in [3.63, 3.8) is 0 Å². The van der Waals surface area contributed by atoms with E-state index < -0.39 is 0 Å². The molecule has 1 aliphatic rings. The van der Waals surface area contributed by atoms with Crippen molar-refractivity contribution in [1.29, 1.82) is 0 Å². The molecule has 3 aromatic rings. The molecular formula is C18H17ClN4O2S. The molecule has 1 fully saturated rings. The van der Waals surface area contributed by atoms with E-state index in [1.807, 2.05) is 18.3 Å². The largest absolute Gasteiger partial charge is 0.350 e. The summed E-state index contributed by atoms with van der Waals surface area (Å²) in [5.41, 5.74) is 1.36. The lowest BCUT2D eigenvalue weighted by molar-refractivity contribution is 0.0988. The quantitative estimate of drug-likeness (QED) is 0.701. The van der Waals surface area contributed by atoms with Gasteiger partial charge in [-0.15, -0.1) is 11.3 Å². The van der Waals surface area contributed by atoms with Gasteiger partial charge >= 0.3 is 0 Å². The Balaban J connectivity index is 1.45. The molecule has 0 radical (unpaired) electrons. The smallest absolute Gasteiger partial charge is 0.296 e. The Morgan fingerprint density at radius 2 is 2.15 bits per heavy atom. The van der Waals surface area contributed by atoms with Crippen molar-refractivity contribution in [2.45, 2.75) is 18.8 Å². The molecule has 1 aliphatic heterocycles. The molecular weight excluding hydrogens is 372 g/mol. The topological polar surface area (TPSA) is 80.0 Å². The average Bonchev–Trinajstić information content (AvgIpc) is 3.32. The molecule has 3 heterocycles. The second kappa shape index (κ2) is 7.57. The van der Waals surface area contributed by atoms with E-state index in [-0.39, 0.29) is 11.7 Å². The maximum absolute atomic E-state index is 12.4. The van der Waals surface area contributed by atoms with E-state index >= 15 is 0 Å². The molecule has 2 aromatic heterocycles. The number of thiazole rings is 1. The molecule has 1 saturated heterocycles. The second-order valence-corrected chi connectivity index (χ2v) is 7.63. The molecule has 0 bridgehead atoms. The van der Waals surface area contributed by atoms with Gasteiger partial charge in [0.05, 0.1) is 0 Å². The van der Waals surface area contributed by atoms with Crippen LogP contribution in [-0.2, 0) is 0 Å². The highest BCUT2D eigenvalue weighted by atomic mass is 35.5. The number of hydrogen-bond donors (Lipinski definition) is 2. The highest BCUT2D eigenvalue weighted by Gasteiger charge is 2.20. The summed E-state index contributed by atoms with van der Waals surface area (Å²) in [6.45, 7) is 2.04. The maximum Gasteiger partial charge on any atom is 0.296 e. The van der Waals surface area contributed by atoms with Crippen LogP contribution in [0.25, 0.3) is 11.3 Å². The van der Waals surface area contributed by atoms with E-state index in [9.17, 15) is 4.79 Å². The Morgan fingerprint density at radius 1 is 1.31 bits per heavy atom. The zero-order chi connectivity index (χ0) is 17.9. The van der Waals surface area contributed by atoms with Crippen molar-refractivity contribution in [1.82, 2.24) is 15.5 Å². The van der Waals surface area contributed by atoms with Crippen LogP contribution in [0, 0.1) is 0 Å². The van der Waals surface area contributed by atoms with Gasteiger partial charge in [0.15, 0.2) is 5.13 Å². The Labute approximate surface area is 159 Å². The van der Waals surface area contributed by atoms with E-state index in [1.54, 1.807) is 18.2 Å². The van der Waals surface area contributed by atoms with Crippen LogP contribution in [0.1, 0.15) is 34.2 Å². The van der Waals surface area contributed by atoms with Gasteiger partial charge in [-0.05, 0) is 44.0 Å². The molecule has 0 aliphatic carbocycles. The fraction of sp³-hybridized carbons (Fsp3) is 0.278. The number of amides is 1. The average molecular weight is 389 g/mol. The Hall–Kier alpha value is -2.22. The number of halogens is 1. The van der Waals surface area contributed by atoms with Crippen molar-refractivity contribution >= 4 is 34.0 Å². The number of anilines is 1. The van der Waals surface area contributed by atoms with Crippen molar-refractivity contribution in [3.8, 4) is 11.3 Å². The number of hydrogen-bond acceptors (Lipinski definition) is 6. The lowest BCUT2D eigenvalue weighted by atomic mass is 9.97. The normalized spacial score (nSPS) is 15.1. The molecule has 26 heavy (non-hydrogen) atoms. The number of carbonyl (C=O) groups is 1. The SMILES string of the molecule is O=C(Nc1ncc(C2CCNCC2)s1)c1cc(-c2cccc(Cl)c2)no1. The summed E-state index contributed by atoms with van der Waals surface area (Å²) in [6.07, 6.45) is 4.05. The van der Waals surface area contributed by atoms with Gasteiger partial charge in [0.1, 0.15) is 5.69 Å². The van der Waals surface area contributed by atoms with Crippen LogP contribution in [-0.4, -0.2) is 29.1 Å². The van der Waals surface area contributed by atoms with Crippen LogP contribution in [0.3, 0.4) is 0 Å². The highest BCUT2D eigenvalue weighted by Crippen LogP contribution is 2.32. The fourth-order valence-electron chi connectivity index (χ4n) is 2.96. The zero-order valence-electron chi connectivity index (χ0n) is 13.9. The van der Waals surface area contributed by atoms with Crippen LogP contribution in [0.5, 0.6) is 0 Å². The monoisotopic (exact) mass is 388 g/mol. The van der Waals surface area contributed by atoms with Crippen molar-refractivity contribution in [3.05, 3.63) is 52.2 Å². The van der Waals surface area contributed by atoms with E-state index in [0.29, 0.717) is 21.8 Å². The number of rotatable bonds is 4. The third-order valence-electron chi connectivity index (χ3n) is 4.34. The van der Waals surface area contributed by atoms with Gasteiger partial charge in [-0.25, -0.2) is 4.98 Å². The number of aromatic nitrogens is 2. The summed E-state index contributed by atoms with van der Waals surface area (Å²) >= 11 is 7.51. The van der Waals surface area contributed by atoms with Crippen molar-refractivity contribution < 1.29 is 9.32 Å². The van der Waals surface area contributed by atoms with Crippen LogP contribution in [0.15, 0.2) is 41.1 Å². The minimum Gasteiger partial charge on any atom is -0.350 e. The number of carbonyl (C=O) groups excluding carboxylic acids is 1. The molecule has 1 amide bonds. The van der Waals surface area contributed by atoms with Gasteiger partial charge in [0, 0.05) is 27.7 Å². The van der Waals surface area contributed by atoms with Gasteiger partial charge in [-0.2, -0.15) is 0 Å². The minimum absolute atomic E-state index is 0.138. The maximum atomic E-state index is 12.4. The molecule has 134 valence electrons. The van der Waals surface area contributed by atoms with Crippen molar-refractivity contribution in [2.75, 3.05) is 18.4 Å². The van der Waals surface area contributed by atoms with E-state index in [1.165, 1.54) is 16.2 Å². The first-order valence-corrected chi connectivity index (χ1v) is 9.59. The van der Waals surface area contributed by atoms with Gasteiger partial charge in [-0.1, -0.05) is 28.9 Å². The molecule has 0 unspecified atom stereocenters. The molecule has 0 atom stereocenters. The first kappa shape index (κ1) is 17.2. The minimum atomic E-state index is -0.364. The van der Waals surface area contributed by atoms with Gasteiger partial charge in [0.25, 0.3) is 5.91 Å². The Morgan fingerprint density at radius 3 is 2.96 bits per heavy atom. The van der Waals surface area contributed by atoms with E-state index in [4.69, 9.17) is 16.1 Å². The number of nitrogens with one attached hydrogen (secondary N) is 2. The molecule has 2 N–H and O–H groups in total. The van der Waals surface area contributed by atoms with Crippen LogP contribution >= 0.6 is 22.9 Å². The second-order valence-electron chi connectivity index (χ2n) is 6.13. The molecule has 0 saturated carbocycles. The van der Waals surface area contributed by atoms with Gasteiger partial charge in [0.2, 0.25) is 5.76 Å². The molecule has 1 aromatic carbocycles. The summed E-state index contributed by atoms with van der Waals surface area (Å²) in [6, 6.07) is 8.83. The van der Waals surface area contributed by atoms with Crippen LogP contribution in [0.2, 0.25) is 5.02 Å². The number of nitrogens with zero attached hydrogens (tertiary/aromatic N) is 2. The predicted molar refractivity (Wildman–Crippen MR) is 102 cm³/mol. The zero-order valence-corrected chi connectivity index (χ0v) is 15.4. The van der Waals surface area contributed by atoms with E-state index in [2.05, 4.69) is 20.8 Å². The summed E-state index contributed by atoms with van der Waals surface area (Å²) in [4.78, 5) is 17.9. The summed E-state index contributed by atoms with van der Waals surface area (Å²) in [7, 11) is 0. The number of benzene rings is 1. The third kappa shape index (κ3) is 3.80. The standard InChI is InChI=1S/C18H17ClN4O2S/c19-13-3-1-2-12(8-13)14-9-15(25-23-14)17(24)22-18-21-10-16(26-18)11-4-6-20-7-5-11/h1-3,8-11,20H,4-7H2,(H,21,22,24). The van der Waals surface area contributed by atoms with Crippen molar-refractivity contribution in [2.24, 2.45) is 0 Å². The third-order valence-corrected chi connectivity index (χ3v) is 5.65. The summed E-state index contributed by atoms with van der Waals surface area (Å²) in [5, 5.41) is 11.3. The van der Waals surface area contributed by atoms with Crippen LogP contribution < -0.4 is 10.6 Å². The van der Waals surface area contributed by atoms with Gasteiger partial charge in [-0.3, -0.25) is 10.1 Å². The van der Waals surface area contributed by atoms with E-state index in [0.717, 1.165) is 31.5 Å². The molecule has 8 heteroatoms. The first-order chi connectivity index (χ1) is 12.7. The molecule has 6 nitrogen and oxygen atoms in total. The lowest BCUT2D eigenvalue weighted by Crippen LogP contribution is -2.26. The molecule has 0 spiro atoms. The first-order valence-electron chi connectivity index (χ1n) is 8.39. The molecule has 4 rings (SSSR count). The Kier molecular flexibility index (Phi) is 5.01. The highest BCUT2D eigenvalue weighted by molar-refractivity contribution is 7.15.